The lowest BCUT2D eigenvalue weighted by molar-refractivity contribution is -0.145. The van der Waals surface area contributed by atoms with Gasteiger partial charge in [0.25, 0.3) is 0 Å². The molecule has 17 heteroatoms. The van der Waals surface area contributed by atoms with Gasteiger partial charge in [-0.05, 0) is 51.2 Å². The fraction of sp³-hybridized carbons (Fsp3) is 0.489. The number of carbonyl (C=O) groups excluding carboxylic acids is 6. The lowest BCUT2D eigenvalue weighted by Gasteiger charge is -2.29. The van der Waals surface area contributed by atoms with Crippen LogP contribution in [0.2, 0.25) is 0 Å². The van der Waals surface area contributed by atoms with Crippen molar-refractivity contribution < 1.29 is 38.2 Å². The molecule has 0 spiro atoms. The first-order valence-corrected chi connectivity index (χ1v) is 21.9. The molecule has 1 aliphatic rings. The monoisotopic (exact) mass is 881 g/mol. The van der Waals surface area contributed by atoms with Crippen molar-refractivity contribution in [3.05, 3.63) is 108 Å². The lowest BCUT2D eigenvalue weighted by Crippen LogP contribution is -2.59. The average Bonchev–Trinajstić information content (AvgIpc) is 3.89. The van der Waals surface area contributed by atoms with Gasteiger partial charge in [-0.3, -0.25) is 19.2 Å². The van der Waals surface area contributed by atoms with Gasteiger partial charge < -0.3 is 45.2 Å². The number of ether oxygens (including phenoxy) is 2. The van der Waals surface area contributed by atoms with E-state index in [1.807, 2.05) is 65.2 Å². The van der Waals surface area contributed by atoms with Crippen molar-refractivity contribution in [2.45, 2.75) is 128 Å². The molecule has 2 aromatic heterocycles. The minimum absolute atomic E-state index is 0.0243. The highest BCUT2D eigenvalue weighted by Gasteiger charge is 2.34. The predicted molar refractivity (Wildman–Crippen MR) is 238 cm³/mol. The smallest absolute Gasteiger partial charge is 0.408 e. The summed E-state index contributed by atoms with van der Waals surface area (Å²) in [7, 11) is 3.00. The van der Waals surface area contributed by atoms with Crippen LogP contribution >= 0.6 is 0 Å². The Labute approximate surface area is 374 Å². The Morgan fingerprint density at radius 2 is 1.31 bits per heavy atom. The van der Waals surface area contributed by atoms with Crippen LogP contribution in [0.4, 0.5) is 4.79 Å². The maximum Gasteiger partial charge on any atom is 0.408 e. The predicted octanol–water partition coefficient (Wildman–Crippen LogP) is 3.69. The number of benzene rings is 2. The summed E-state index contributed by atoms with van der Waals surface area (Å²) in [6.07, 6.45) is 11.0. The van der Waals surface area contributed by atoms with Crippen molar-refractivity contribution in [2.75, 3.05) is 7.11 Å². The van der Waals surface area contributed by atoms with E-state index < -0.39 is 71.5 Å². The molecule has 4 aromatic rings. The van der Waals surface area contributed by atoms with Gasteiger partial charge in [0.2, 0.25) is 23.6 Å². The highest BCUT2D eigenvalue weighted by atomic mass is 16.6. The summed E-state index contributed by atoms with van der Waals surface area (Å²) in [5.74, 6) is -3.08. The zero-order valence-electron chi connectivity index (χ0n) is 37.7. The quantitative estimate of drug-likeness (QED) is 0.0812. The third-order valence-corrected chi connectivity index (χ3v) is 11.0. The van der Waals surface area contributed by atoms with Gasteiger partial charge in [0, 0.05) is 50.9 Å². The third kappa shape index (κ3) is 15.4. The SMILES string of the molecule is COC(=O)[C@H](Cc1ccccc1)NC(=O)[C@@H](C)NC(=O)[C@H](CC1CCCCC1)NC(=O)[C@H](Cc1cn(Cc2ccccc2)cn1)NC(=O)[C@H](Cc1cncn1C)NC(=O)OC(C)(C)C. The standard InChI is InChI=1S/C47H63N9O8/c1-31(41(57)53-40(45(61)63-6)23-33-18-12-8-13-19-33)50-42(58)37(22-32-16-10-7-11-17-32)51-43(59)38(24-35-28-56(30-49-35)27-34-20-14-9-15-21-34)52-44(60)39(25-36-26-48-29-55(36)5)54-46(62)64-47(2,3)4/h8-9,12-15,18-21,26,28-32,37-40H,7,10-11,16-17,22-25,27H2,1-6H3,(H,50,58)(H,51,59)(H,52,60)(H,53,57)(H,54,62)/t31-,37+,38+,39+,40+/m1/s1. The minimum Gasteiger partial charge on any atom is -0.467 e. The van der Waals surface area contributed by atoms with E-state index >= 15 is 0 Å². The molecular formula is C47H63N9O8. The number of nitrogens with one attached hydrogen (secondary N) is 5. The van der Waals surface area contributed by atoms with Crippen LogP contribution in [0.3, 0.4) is 0 Å². The Bertz CT molecular complexity index is 2160. The number of amides is 5. The second-order valence-corrected chi connectivity index (χ2v) is 17.5. The van der Waals surface area contributed by atoms with Crippen LogP contribution in [0.5, 0.6) is 0 Å². The zero-order valence-corrected chi connectivity index (χ0v) is 37.7. The molecule has 1 saturated carbocycles. The second kappa shape index (κ2) is 23.2. The van der Waals surface area contributed by atoms with E-state index in [0.717, 1.165) is 43.2 Å². The van der Waals surface area contributed by atoms with Crippen LogP contribution in [0.15, 0.2) is 85.7 Å². The molecule has 5 amide bonds. The van der Waals surface area contributed by atoms with Gasteiger partial charge in [0.1, 0.15) is 35.8 Å². The first-order valence-electron chi connectivity index (χ1n) is 21.9. The summed E-state index contributed by atoms with van der Waals surface area (Å²) < 4.78 is 14.0. The number of hydrogen-bond acceptors (Lipinski definition) is 10. The average molecular weight is 882 g/mol. The number of esters is 1. The van der Waals surface area contributed by atoms with E-state index in [2.05, 4.69) is 36.6 Å². The molecule has 2 heterocycles. The molecule has 5 rings (SSSR count). The van der Waals surface area contributed by atoms with Crippen molar-refractivity contribution in [1.29, 1.82) is 0 Å². The maximum absolute atomic E-state index is 14.6. The Kier molecular flexibility index (Phi) is 17.6. The van der Waals surface area contributed by atoms with Crippen LogP contribution in [0.25, 0.3) is 0 Å². The maximum atomic E-state index is 14.6. The Hall–Kier alpha value is -6.52. The first-order chi connectivity index (χ1) is 30.6. The fourth-order valence-corrected chi connectivity index (χ4v) is 7.65. The van der Waals surface area contributed by atoms with E-state index in [-0.39, 0.29) is 25.2 Å². The number of methoxy groups -OCH3 is 1. The minimum atomic E-state index is -1.26. The largest absolute Gasteiger partial charge is 0.467 e. The summed E-state index contributed by atoms with van der Waals surface area (Å²) in [5, 5.41) is 13.9. The van der Waals surface area contributed by atoms with Gasteiger partial charge in [0.15, 0.2) is 0 Å². The number of rotatable bonds is 20. The van der Waals surface area contributed by atoms with Gasteiger partial charge in [-0.1, -0.05) is 92.8 Å². The molecule has 0 radical (unpaired) electrons. The third-order valence-electron chi connectivity index (χ3n) is 11.0. The van der Waals surface area contributed by atoms with E-state index in [9.17, 15) is 28.8 Å². The first kappa shape index (κ1) is 48.5. The number of aromatic nitrogens is 4. The summed E-state index contributed by atoms with van der Waals surface area (Å²) in [6, 6.07) is 13.3. The number of carbonyl (C=O) groups is 6. The summed E-state index contributed by atoms with van der Waals surface area (Å²) >= 11 is 0. The van der Waals surface area contributed by atoms with Gasteiger partial charge in [0.05, 0.1) is 25.5 Å². The Morgan fingerprint density at radius 3 is 1.92 bits per heavy atom. The van der Waals surface area contributed by atoms with Crippen LogP contribution < -0.4 is 26.6 Å². The van der Waals surface area contributed by atoms with Gasteiger partial charge in [-0.2, -0.15) is 0 Å². The molecule has 0 saturated heterocycles. The van der Waals surface area contributed by atoms with Crippen LogP contribution in [-0.2, 0) is 66.3 Å². The number of nitrogens with zero attached hydrogens (tertiary/aromatic N) is 4. The number of imidazole rings is 2. The molecule has 1 aliphatic carbocycles. The Balaban J connectivity index is 1.38. The fourth-order valence-electron chi connectivity index (χ4n) is 7.65. The molecule has 2 aromatic carbocycles. The van der Waals surface area contributed by atoms with Gasteiger partial charge in [-0.15, -0.1) is 0 Å². The molecule has 64 heavy (non-hydrogen) atoms. The van der Waals surface area contributed by atoms with Crippen molar-refractivity contribution in [3.8, 4) is 0 Å². The zero-order chi connectivity index (χ0) is 46.2. The summed E-state index contributed by atoms with van der Waals surface area (Å²) in [5.41, 5.74) is 2.12. The van der Waals surface area contributed by atoms with E-state index in [1.54, 1.807) is 57.4 Å². The van der Waals surface area contributed by atoms with Crippen LogP contribution in [0, 0.1) is 5.92 Å². The van der Waals surface area contributed by atoms with E-state index in [1.165, 1.54) is 14.0 Å². The highest BCUT2D eigenvalue weighted by Crippen LogP contribution is 2.27. The second-order valence-electron chi connectivity index (χ2n) is 17.5. The number of hydrogen-bond donors (Lipinski definition) is 5. The molecule has 0 aliphatic heterocycles. The van der Waals surface area contributed by atoms with Gasteiger partial charge >= 0.3 is 12.1 Å². The summed E-state index contributed by atoms with van der Waals surface area (Å²) in [6.45, 7) is 7.14. The van der Waals surface area contributed by atoms with Crippen molar-refractivity contribution in [1.82, 2.24) is 45.7 Å². The number of aryl methyl sites for hydroxylation is 1. The molecule has 5 N–H and O–H groups in total. The molecule has 344 valence electrons. The highest BCUT2D eigenvalue weighted by molar-refractivity contribution is 5.96. The van der Waals surface area contributed by atoms with Crippen molar-refractivity contribution in [2.24, 2.45) is 13.0 Å². The topological polar surface area (TPSA) is 217 Å². The van der Waals surface area contributed by atoms with E-state index in [0.29, 0.717) is 24.4 Å². The van der Waals surface area contributed by atoms with Gasteiger partial charge in [-0.25, -0.2) is 19.6 Å². The van der Waals surface area contributed by atoms with Crippen molar-refractivity contribution >= 4 is 35.7 Å². The lowest BCUT2D eigenvalue weighted by atomic mass is 9.84. The molecule has 17 nitrogen and oxygen atoms in total. The van der Waals surface area contributed by atoms with Crippen LogP contribution in [0.1, 0.15) is 88.7 Å². The normalized spacial score (nSPS) is 15.3. The molecule has 0 unspecified atom stereocenters. The Morgan fingerprint density at radius 1 is 0.719 bits per heavy atom. The molecule has 5 atom stereocenters. The van der Waals surface area contributed by atoms with Crippen molar-refractivity contribution in [3.63, 3.8) is 0 Å². The summed E-state index contributed by atoms with van der Waals surface area (Å²) in [4.78, 5) is 91.1. The molecule has 1 fully saturated rings. The molecule has 0 bridgehead atoms. The van der Waals surface area contributed by atoms with Crippen LogP contribution in [-0.4, -0.2) is 97.7 Å². The van der Waals surface area contributed by atoms with E-state index in [4.69, 9.17) is 9.47 Å². The molecular weight excluding hydrogens is 819 g/mol. The number of alkyl carbamates (subject to hydrolysis) is 1.